The summed E-state index contributed by atoms with van der Waals surface area (Å²) < 4.78 is 6.97. The number of carbonyl (C=O) groups excluding carboxylic acids is 1. The van der Waals surface area contributed by atoms with E-state index in [9.17, 15) is 4.79 Å². The van der Waals surface area contributed by atoms with E-state index in [0.29, 0.717) is 22.0 Å². The Labute approximate surface area is 144 Å². The molecule has 1 N–H and O–H groups in total. The Morgan fingerprint density at radius 2 is 2.04 bits per heavy atom. The predicted molar refractivity (Wildman–Crippen MR) is 93.9 cm³/mol. The summed E-state index contributed by atoms with van der Waals surface area (Å²) in [6.45, 7) is 3.75. The van der Waals surface area contributed by atoms with E-state index in [0.717, 1.165) is 22.3 Å². The van der Waals surface area contributed by atoms with Gasteiger partial charge in [-0.15, -0.1) is 0 Å². The van der Waals surface area contributed by atoms with Gasteiger partial charge in [0.25, 0.3) is 5.91 Å². The first-order valence-electron chi connectivity index (χ1n) is 7.35. The SMILES string of the molecule is COc1cc(Cl)c(C)cc1NC(=O)c1cnc2c(c1)c(C)nn2C. The van der Waals surface area contributed by atoms with Crippen molar-refractivity contribution < 1.29 is 9.53 Å². The number of halogens is 1. The Morgan fingerprint density at radius 1 is 1.29 bits per heavy atom. The molecule has 0 atom stereocenters. The van der Waals surface area contributed by atoms with E-state index in [4.69, 9.17) is 16.3 Å². The van der Waals surface area contributed by atoms with Crippen molar-refractivity contribution in [3.8, 4) is 5.75 Å². The third-order valence-electron chi connectivity index (χ3n) is 3.85. The van der Waals surface area contributed by atoms with Crippen molar-refractivity contribution in [2.24, 2.45) is 7.05 Å². The summed E-state index contributed by atoms with van der Waals surface area (Å²) in [5.41, 5.74) is 3.43. The van der Waals surface area contributed by atoms with Gasteiger partial charge in [-0.05, 0) is 31.5 Å². The van der Waals surface area contributed by atoms with E-state index < -0.39 is 0 Å². The number of aryl methyl sites for hydroxylation is 3. The molecule has 0 aliphatic heterocycles. The van der Waals surface area contributed by atoms with E-state index in [2.05, 4.69) is 15.4 Å². The fraction of sp³-hybridized carbons (Fsp3) is 0.235. The smallest absolute Gasteiger partial charge is 0.257 e. The molecule has 1 amide bonds. The second-order valence-electron chi connectivity index (χ2n) is 5.56. The molecule has 0 radical (unpaired) electrons. The zero-order valence-corrected chi connectivity index (χ0v) is 14.6. The molecule has 0 spiro atoms. The Bertz CT molecular complexity index is 949. The lowest BCUT2D eigenvalue weighted by Crippen LogP contribution is -2.13. The molecule has 7 heteroatoms. The summed E-state index contributed by atoms with van der Waals surface area (Å²) in [6, 6.07) is 5.24. The molecule has 2 aromatic heterocycles. The van der Waals surface area contributed by atoms with Crippen LogP contribution in [0, 0.1) is 13.8 Å². The standard InChI is InChI=1S/C17H17ClN4O2/c1-9-5-14(15(24-4)7-13(9)18)20-17(23)11-6-12-10(2)21-22(3)16(12)19-8-11/h5-8H,1-4H3,(H,20,23). The normalized spacial score (nSPS) is 10.9. The van der Waals surface area contributed by atoms with Crippen molar-refractivity contribution in [1.29, 1.82) is 0 Å². The van der Waals surface area contributed by atoms with Crippen LogP contribution in [0.15, 0.2) is 24.4 Å². The van der Waals surface area contributed by atoms with Crippen LogP contribution >= 0.6 is 11.6 Å². The maximum Gasteiger partial charge on any atom is 0.257 e. The van der Waals surface area contributed by atoms with E-state index >= 15 is 0 Å². The highest BCUT2D eigenvalue weighted by Crippen LogP contribution is 2.31. The Balaban J connectivity index is 1.96. The van der Waals surface area contributed by atoms with E-state index in [-0.39, 0.29) is 5.91 Å². The topological polar surface area (TPSA) is 69.0 Å². The lowest BCUT2D eigenvalue weighted by atomic mass is 10.1. The van der Waals surface area contributed by atoms with Gasteiger partial charge in [-0.1, -0.05) is 11.6 Å². The summed E-state index contributed by atoms with van der Waals surface area (Å²) in [6.07, 6.45) is 1.54. The first-order chi connectivity index (χ1) is 11.4. The number of hydrogen-bond acceptors (Lipinski definition) is 4. The number of carbonyl (C=O) groups is 1. The number of pyridine rings is 1. The number of aromatic nitrogens is 3. The molecule has 0 aliphatic rings. The molecule has 0 saturated heterocycles. The minimum absolute atomic E-state index is 0.271. The summed E-state index contributed by atoms with van der Waals surface area (Å²) in [4.78, 5) is 16.9. The van der Waals surface area contributed by atoms with Crippen molar-refractivity contribution in [1.82, 2.24) is 14.8 Å². The quantitative estimate of drug-likeness (QED) is 0.789. The van der Waals surface area contributed by atoms with Gasteiger partial charge in [0.05, 0.1) is 24.1 Å². The first-order valence-corrected chi connectivity index (χ1v) is 7.73. The van der Waals surface area contributed by atoms with Crippen molar-refractivity contribution in [2.45, 2.75) is 13.8 Å². The van der Waals surface area contributed by atoms with Gasteiger partial charge >= 0.3 is 0 Å². The highest BCUT2D eigenvalue weighted by Gasteiger charge is 2.14. The molecule has 24 heavy (non-hydrogen) atoms. The molecule has 0 aliphatic carbocycles. The average molecular weight is 345 g/mol. The zero-order chi connectivity index (χ0) is 17.4. The number of amides is 1. The van der Waals surface area contributed by atoms with Gasteiger partial charge in [0, 0.05) is 29.7 Å². The number of ether oxygens (including phenoxy) is 1. The number of nitrogens with zero attached hydrogens (tertiary/aromatic N) is 3. The number of fused-ring (bicyclic) bond motifs is 1. The van der Waals surface area contributed by atoms with Crippen LogP contribution in [0.2, 0.25) is 5.02 Å². The number of nitrogens with one attached hydrogen (secondary N) is 1. The van der Waals surface area contributed by atoms with Crippen molar-refractivity contribution >= 4 is 34.2 Å². The molecule has 2 heterocycles. The van der Waals surface area contributed by atoms with Gasteiger partial charge in [0.15, 0.2) is 5.65 Å². The largest absolute Gasteiger partial charge is 0.495 e. The summed E-state index contributed by atoms with van der Waals surface area (Å²) in [5.74, 6) is 0.234. The predicted octanol–water partition coefficient (Wildman–Crippen LogP) is 3.50. The third kappa shape index (κ3) is 2.80. The molecule has 1 aromatic carbocycles. The van der Waals surface area contributed by atoms with Crippen LogP contribution in [0.5, 0.6) is 5.75 Å². The Hall–Kier alpha value is -2.60. The molecule has 6 nitrogen and oxygen atoms in total. The van der Waals surface area contributed by atoms with E-state index in [1.807, 2.05) is 20.9 Å². The summed E-state index contributed by atoms with van der Waals surface area (Å²) >= 11 is 6.09. The van der Waals surface area contributed by atoms with Gasteiger partial charge in [0.1, 0.15) is 5.75 Å². The second-order valence-corrected chi connectivity index (χ2v) is 5.97. The van der Waals surface area contributed by atoms with Crippen LogP contribution in [-0.4, -0.2) is 27.8 Å². The van der Waals surface area contributed by atoms with Gasteiger partial charge in [-0.25, -0.2) is 4.98 Å². The molecule has 0 unspecified atom stereocenters. The van der Waals surface area contributed by atoms with E-state index in [1.165, 1.54) is 13.3 Å². The molecular formula is C17H17ClN4O2. The fourth-order valence-electron chi connectivity index (χ4n) is 2.56. The molecule has 3 rings (SSSR count). The zero-order valence-electron chi connectivity index (χ0n) is 13.8. The second kappa shape index (κ2) is 6.13. The molecule has 124 valence electrons. The lowest BCUT2D eigenvalue weighted by Gasteiger charge is -2.12. The lowest BCUT2D eigenvalue weighted by molar-refractivity contribution is 0.102. The van der Waals surface area contributed by atoms with Crippen molar-refractivity contribution in [3.63, 3.8) is 0 Å². The van der Waals surface area contributed by atoms with Crippen LogP contribution in [0.4, 0.5) is 5.69 Å². The molecular weight excluding hydrogens is 328 g/mol. The first kappa shape index (κ1) is 16.3. The highest BCUT2D eigenvalue weighted by molar-refractivity contribution is 6.31. The highest BCUT2D eigenvalue weighted by atomic mass is 35.5. The fourth-order valence-corrected chi connectivity index (χ4v) is 2.71. The van der Waals surface area contributed by atoms with Crippen molar-refractivity contribution in [3.05, 3.63) is 46.2 Å². The van der Waals surface area contributed by atoms with Gasteiger partial charge in [-0.2, -0.15) is 5.10 Å². The molecule has 0 fully saturated rings. The minimum atomic E-state index is -0.271. The Kier molecular flexibility index (Phi) is 4.15. The summed E-state index contributed by atoms with van der Waals surface area (Å²) in [7, 11) is 3.35. The monoisotopic (exact) mass is 344 g/mol. The summed E-state index contributed by atoms with van der Waals surface area (Å²) in [5, 5.41) is 8.59. The maximum atomic E-state index is 12.6. The van der Waals surface area contributed by atoms with Gasteiger partial charge in [0.2, 0.25) is 0 Å². The third-order valence-corrected chi connectivity index (χ3v) is 4.26. The number of rotatable bonds is 3. The number of methoxy groups -OCH3 is 1. The van der Waals surface area contributed by atoms with Crippen LogP contribution in [0.25, 0.3) is 11.0 Å². The molecule has 0 saturated carbocycles. The van der Waals surface area contributed by atoms with Crippen LogP contribution in [0.3, 0.4) is 0 Å². The molecule has 3 aromatic rings. The van der Waals surface area contributed by atoms with Crippen molar-refractivity contribution in [2.75, 3.05) is 12.4 Å². The maximum absolute atomic E-state index is 12.6. The molecule has 0 bridgehead atoms. The average Bonchev–Trinajstić information content (AvgIpc) is 2.84. The number of anilines is 1. The van der Waals surface area contributed by atoms with E-state index in [1.54, 1.807) is 22.9 Å². The number of hydrogen-bond donors (Lipinski definition) is 1. The van der Waals surface area contributed by atoms with Crippen LogP contribution in [-0.2, 0) is 7.05 Å². The Morgan fingerprint density at radius 3 is 2.75 bits per heavy atom. The van der Waals surface area contributed by atoms with Gasteiger partial charge in [-0.3, -0.25) is 9.48 Å². The van der Waals surface area contributed by atoms with Gasteiger partial charge < -0.3 is 10.1 Å². The minimum Gasteiger partial charge on any atom is -0.495 e. The van der Waals surface area contributed by atoms with Crippen LogP contribution < -0.4 is 10.1 Å². The number of benzene rings is 1. The van der Waals surface area contributed by atoms with Crippen LogP contribution in [0.1, 0.15) is 21.6 Å².